The quantitative estimate of drug-likeness (QED) is 0.731. The van der Waals surface area contributed by atoms with Crippen molar-refractivity contribution in [2.24, 2.45) is 0 Å². The Balaban J connectivity index is 2.00. The molecule has 0 aliphatic heterocycles. The van der Waals surface area contributed by atoms with Crippen LogP contribution in [0.25, 0.3) is 11.1 Å². The third-order valence-electron chi connectivity index (χ3n) is 4.04. The molecule has 0 heterocycles. The van der Waals surface area contributed by atoms with Crippen molar-refractivity contribution in [3.05, 3.63) is 83.9 Å². The SMILES string of the molecule is CCOc1ccccc1NC(=O)c1ccccc1-c1ccccc1C(=O)[O-]. The lowest BCUT2D eigenvalue weighted by Gasteiger charge is -2.15. The van der Waals surface area contributed by atoms with Gasteiger partial charge in [-0.05, 0) is 36.2 Å². The third-order valence-corrected chi connectivity index (χ3v) is 4.04. The minimum atomic E-state index is -1.29. The van der Waals surface area contributed by atoms with Crippen LogP contribution in [0.15, 0.2) is 72.8 Å². The number of amides is 1. The highest BCUT2D eigenvalue weighted by molar-refractivity contribution is 6.10. The smallest absolute Gasteiger partial charge is 0.256 e. The molecular formula is C22H18NO4-. The highest BCUT2D eigenvalue weighted by Gasteiger charge is 2.16. The molecule has 0 aromatic heterocycles. The fourth-order valence-electron chi connectivity index (χ4n) is 2.85. The van der Waals surface area contributed by atoms with Crippen molar-refractivity contribution >= 4 is 17.6 Å². The minimum Gasteiger partial charge on any atom is -0.545 e. The average Bonchev–Trinajstić information content (AvgIpc) is 2.69. The van der Waals surface area contributed by atoms with E-state index in [1.165, 1.54) is 6.07 Å². The molecule has 0 fully saturated rings. The number of carboxylic acids is 1. The van der Waals surface area contributed by atoms with Gasteiger partial charge in [0.15, 0.2) is 0 Å². The van der Waals surface area contributed by atoms with Crippen LogP contribution in [0.3, 0.4) is 0 Å². The molecule has 5 heteroatoms. The fourth-order valence-corrected chi connectivity index (χ4v) is 2.85. The lowest BCUT2D eigenvalue weighted by molar-refractivity contribution is -0.254. The first-order valence-electron chi connectivity index (χ1n) is 8.54. The summed E-state index contributed by atoms with van der Waals surface area (Å²) in [5.41, 5.74) is 1.89. The van der Waals surface area contributed by atoms with Crippen LogP contribution in [0, 0.1) is 0 Å². The normalized spacial score (nSPS) is 10.3. The van der Waals surface area contributed by atoms with E-state index in [-0.39, 0.29) is 11.5 Å². The van der Waals surface area contributed by atoms with E-state index < -0.39 is 5.97 Å². The van der Waals surface area contributed by atoms with Crippen LogP contribution < -0.4 is 15.2 Å². The second kappa shape index (κ2) is 8.19. The van der Waals surface area contributed by atoms with Gasteiger partial charge in [-0.1, -0.05) is 54.6 Å². The largest absolute Gasteiger partial charge is 0.545 e. The van der Waals surface area contributed by atoms with Gasteiger partial charge in [-0.25, -0.2) is 0 Å². The van der Waals surface area contributed by atoms with Crippen molar-refractivity contribution in [3.8, 4) is 16.9 Å². The summed E-state index contributed by atoms with van der Waals surface area (Å²) < 4.78 is 5.54. The number of anilines is 1. The molecule has 3 rings (SSSR count). The number of para-hydroxylation sites is 2. The molecule has 27 heavy (non-hydrogen) atoms. The maximum absolute atomic E-state index is 12.9. The maximum atomic E-state index is 12.9. The van der Waals surface area contributed by atoms with Gasteiger partial charge in [-0.2, -0.15) is 0 Å². The van der Waals surface area contributed by atoms with E-state index in [2.05, 4.69) is 5.32 Å². The van der Waals surface area contributed by atoms with Gasteiger partial charge in [0.1, 0.15) is 5.75 Å². The van der Waals surface area contributed by atoms with Gasteiger partial charge in [0, 0.05) is 11.1 Å². The molecule has 0 saturated heterocycles. The molecule has 3 aromatic rings. The zero-order valence-corrected chi connectivity index (χ0v) is 14.8. The summed E-state index contributed by atoms with van der Waals surface area (Å²) in [4.78, 5) is 24.4. The van der Waals surface area contributed by atoms with Gasteiger partial charge in [0.2, 0.25) is 0 Å². The zero-order chi connectivity index (χ0) is 19.2. The first-order valence-corrected chi connectivity index (χ1v) is 8.54. The molecule has 0 aliphatic carbocycles. The number of hydrogen-bond acceptors (Lipinski definition) is 4. The van der Waals surface area contributed by atoms with Crippen molar-refractivity contribution in [2.75, 3.05) is 11.9 Å². The Labute approximate surface area is 157 Å². The Kier molecular flexibility index (Phi) is 5.52. The van der Waals surface area contributed by atoms with Crippen LogP contribution in [-0.4, -0.2) is 18.5 Å². The number of ether oxygens (including phenoxy) is 1. The first-order chi connectivity index (χ1) is 13.1. The summed E-state index contributed by atoms with van der Waals surface area (Å²) in [5, 5.41) is 14.3. The van der Waals surface area contributed by atoms with Crippen LogP contribution in [-0.2, 0) is 0 Å². The summed E-state index contributed by atoms with van der Waals surface area (Å²) in [6.45, 7) is 2.34. The topological polar surface area (TPSA) is 78.5 Å². The Morgan fingerprint density at radius 3 is 2.07 bits per heavy atom. The molecule has 0 spiro atoms. The van der Waals surface area contributed by atoms with Crippen molar-refractivity contribution < 1.29 is 19.4 Å². The molecule has 0 unspecified atom stereocenters. The van der Waals surface area contributed by atoms with E-state index >= 15 is 0 Å². The number of hydrogen-bond donors (Lipinski definition) is 1. The van der Waals surface area contributed by atoms with Crippen LogP contribution >= 0.6 is 0 Å². The monoisotopic (exact) mass is 360 g/mol. The summed E-state index contributed by atoms with van der Waals surface area (Å²) in [6.07, 6.45) is 0. The van der Waals surface area contributed by atoms with E-state index in [9.17, 15) is 14.7 Å². The van der Waals surface area contributed by atoms with Gasteiger partial charge < -0.3 is 20.0 Å². The summed E-state index contributed by atoms with van der Waals surface area (Å²) in [6, 6.07) is 20.5. The molecule has 0 bridgehead atoms. The Bertz CT molecular complexity index is 981. The highest BCUT2D eigenvalue weighted by Crippen LogP contribution is 2.29. The number of rotatable bonds is 6. The number of aromatic carboxylic acids is 1. The molecule has 0 saturated carbocycles. The predicted octanol–water partition coefficient (Wildman–Crippen LogP) is 3.37. The molecule has 136 valence electrons. The van der Waals surface area contributed by atoms with Gasteiger partial charge in [-0.15, -0.1) is 0 Å². The Morgan fingerprint density at radius 2 is 1.41 bits per heavy atom. The number of benzene rings is 3. The van der Waals surface area contributed by atoms with E-state index in [0.29, 0.717) is 34.7 Å². The Hall–Kier alpha value is -3.60. The second-order valence-corrected chi connectivity index (χ2v) is 5.76. The van der Waals surface area contributed by atoms with E-state index in [1.807, 2.05) is 13.0 Å². The molecule has 5 nitrogen and oxygen atoms in total. The molecular weight excluding hydrogens is 342 g/mol. The van der Waals surface area contributed by atoms with Gasteiger partial charge in [-0.3, -0.25) is 4.79 Å². The summed E-state index contributed by atoms with van der Waals surface area (Å²) in [5.74, 6) is -1.07. The standard InChI is InChI=1S/C22H19NO4/c1-2-27-20-14-8-7-13-19(20)23-21(24)17-11-5-3-9-15(17)16-10-4-6-12-18(16)22(25)26/h3-14H,2H2,1H3,(H,23,24)(H,25,26)/p-1. The van der Waals surface area contributed by atoms with Gasteiger partial charge in [0.25, 0.3) is 5.91 Å². The zero-order valence-electron chi connectivity index (χ0n) is 14.8. The summed E-state index contributed by atoms with van der Waals surface area (Å²) >= 11 is 0. The van der Waals surface area contributed by atoms with Gasteiger partial charge >= 0.3 is 0 Å². The van der Waals surface area contributed by atoms with Gasteiger partial charge in [0.05, 0.1) is 18.3 Å². The number of nitrogens with one attached hydrogen (secondary N) is 1. The van der Waals surface area contributed by atoms with Crippen LogP contribution in [0.4, 0.5) is 5.69 Å². The minimum absolute atomic E-state index is 0.0347. The Morgan fingerprint density at radius 1 is 0.852 bits per heavy atom. The first kappa shape index (κ1) is 18.2. The highest BCUT2D eigenvalue weighted by atomic mass is 16.5. The molecule has 1 amide bonds. The van der Waals surface area contributed by atoms with E-state index in [1.54, 1.807) is 60.7 Å². The number of carbonyl (C=O) groups excluding carboxylic acids is 2. The van der Waals surface area contributed by atoms with Crippen LogP contribution in [0.2, 0.25) is 0 Å². The summed E-state index contributed by atoms with van der Waals surface area (Å²) in [7, 11) is 0. The van der Waals surface area contributed by atoms with Crippen molar-refractivity contribution in [2.45, 2.75) is 6.92 Å². The lowest BCUT2D eigenvalue weighted by atomic mass is 9.95. The molecule has 0 aliphatic rings. The molecule has 0 atom stereocenters. The average molecular weight is 360 g/mol. The lowest BCUT2D eigenvalue weighted by Crippen LogP contribution is -2.23. The third kappa shape index (κ3) is 3.98. The van der Waals surface area contributed by atoms with Crippen molar-refractivity contribution in [1.82, 2.24) is 0 Å². The van der Waals surface area contributed by atoms with Crippen LogP contribution in [0.5, 0.6) is 5.75 Å². The predicted molar refractivity (Wildman–Crippen MR) is 102 cm³/mol. The van der Waals surface area contributed by atoms with Crippen molar-refractivity contribution in [1.29, 1.82) is 0 Å². The maximum Gasteiger partial charge on any atom is 0.256 e. The molecule has 1 N–H and O–H groups in total. The van der Waals surface area contributed by atoms with E-state index in [0.717, 1.165) is 0 Å². The molecule has 3 aromatic carbocycles. The van der Waals surface area contributed by atoms with E-state index in [4.69, 9.17) is 4.74 Å². The number of carbonyl (C=O) groups is 2. The molecule has 0 radical (unpaired) electrons. The van der Waals surface area contributed by atoms with Crippen molar-refractivity contribution in [3.63, 3.8) is 0 Å². The number of carboxylic acid groups (broad SMARTS) is 1. The van der Waals surface area contributed by atoms with Crippen LogP contribution in [0.1, 0.15) is 27.6 Å². The fraction of sp³-hybridized carbons (Fsp3) is 0.0909. The second-order valence-electron chi connectivity index (χ2n) is 5.76.